The maximum Gasteiger partial charge on any atom is 0.213 e. The summed E-state index contributed by atoms with van der Waals surface area (Å²) in [5, 5.41) is 1.15. The van der Waals surface area contributed by atoms with Crippen molar-refractivity contribution in [2.45, 2.75) is 20.3 Å². The summed E-state index contributed by atoms with van der Waals surface area (Å²) in [6, 6.07) is 12.0. The lowest BCUT2D eigenvalue weighted by Gasteiger charge is -2.03. The van der Waals surface area contributed by atoms with Gasteiger partial charge in [-0.2, -0.15) is 0 Å². The van der Waals surface area contributed by atoms with Crippen molar-refractivity contribution in [2.75, 3.05) is 6.61 Å². The highest BCUT2D eigenvalue weighted by Crippen LogP contribution is 2.15. The topological polar surface area (TPSA) is 39.2 Å². The fraction of sp³-hybridized carbons (Fsp3) is 0.286. The molecule has 3 nitrogen and oxygen atoms in total. The largest absolute Gasteiger partial charge is 0.478 e. The first-order valence-corrected chi connectivity index (χ1v) is 5.70. The van der Waals surface area contributed by atoms with E-state index in [0.29, 0.717) is 5.88 Å². The number of rotatable bonds is 3. The Morgan fingerprint density at radius 2 is 1.94 bits per heavy atom. The molecule has 0 aliphatic rings. The van der Waals surface area contributed by atoms with Gasteiger partial charge < -0.3 is 9.53 Å². The third kappa shape index (κ3) is 4.23. The minimum absolute atomic E-state index is 0.713. The van der Waals surface area contributed by atoms with Crippen molar-refractivity contribution < 1.29 is 9.53 Å². The number of para-hydroxylation sites is 1. The molecule has 2 rings (SSSR count). The van der Waals surface area contributed by atoms with Crippen LogP contribution in [0.2, 0.25) is 0 Å². The van der Waals surface area contributed by atoms with Gasteiger partial charge in [0.05, 0.1) is 12.1 Å². The first kappa shape index (κ1) is 13.2. The Kier molecular flexibility index (Phi) is 5.72. The molecule has 0 N–H and O–H groups in total. The molecule has 17 heavy (non-hydrogen) atoms. The van der Waals surface area contributed by atoms with E-state index in [2.05, 4.69) is 11.9 Å². The fourth-order valence-electron chi connectivity index (χ4n) is 1.33. The van der Waals surface area contributed by atoms with Crippen LogP contribution >= 0.6 is 0 Å². The van der Waals surface area contributed by atoms with Crippen molar-refractivity contribution in [3.63, 3.8) is 0 Å². The molecule has 0 fully saturated rings. The second-order valence-electron chi connectivity index (χ2n) is 3.43. The maximum absolute atomic E-state index is 8.81. The average molecular weight is 231 g/mol. The highest BCUT2D eigenvalue weighted by atomic mass is 16.5. The van der Waals surface area contributed by atoms with Gasteiger partial charge in [-0.1, -0.05) is 25.1 Å². The molecule has 0 unspecified atom stereocenters. The normalized spacial score (nSPS) is 9.29. The predicted octanol–water partition coefficient (Wildman–Crippen LogP) is 3.23. The van der Waals surface area contributed by atoms with Gasteiger partial charge in [0.2, 0.25) is 5.88 Å². The van der Waals surface area contributed by atoms with Gasteiger partial charge in [-0.25, -0.2) is 4.98 Å². The molecule has 0 radical (unpaired) electrons. The van der Waals surface area contributed by atoms with Crippen molar-refractivity contribution >= 4 is 17.2 Å². The summed E-state index contributed by atoms with van der Waals surface area (Å²) in [6.07, 6.45) is 1.76. The van der Waals surface area contributed by atoms with E-state index >= 15 is 0 Å². The molecule has 0 aliphatic heterocycles. The average Bonchev–Trinajstić information content (AvgIpc) is 2.37. The van der Waals surface area contributed by atoms with Crippen LogP contribution in [0.3, 0.4) is 0 Å². The van der Waals surface area contributed by atoms with Gasteiger partial charge in [-0.05, 0) is 25.5 Å². The minimum Gasteiger partial charge on any atom is -0.478 e. The lowest BCUT2D eigenvalue weighted by Crippen LogP contribution is -1.96. The van der Waals surface area contributed by atoms with Crippen LogP contribution < -0.4 is 4.74 Å². The third-order valence-corrected chi connectivity index (χ3v) is 2.03. The Hall–Kier alpha value is -1.90. The lowest BCUT2D eigenvalue weighted by atomic mass is 10.2. The van der Waals surface area contributed by atoms with Crippen molar-refractivity contribution in [1.29, 1.82) is 0 Å². The van der Waals surface area contributed by atoms with E-state index in [-0.39, 0.29) is 0 Å². The van der Waals surface area contributed by atoms with Crippen molar-refractivity contribution in [1.82, 2.24) is 4.98 Å². The third-order valence-electron chi connectivity index (χ3n) is 2.03. The molecule has 3 heteroatoms. The number of aromatic nitrogens is 1. The van der Waals surface area contributed by atoms with Crippen LogP contribution in [0.1, 0.15) is 20.3 Å². The SMILES string of the molecule is CC=O.CCCOc1ccc2ccccc2n1. The van der Waals surface area contributed by atoms with Crippen LogP contribution in [0.4, 0.5) is 0 Å². The second kappa shape index (κ2) is 7.39. The number of ether oxygens (including phenoxy) is 1. The maximum atomic E-state index is 8.81. The van der Waals surface area contributed by atoms with E-state index in [9.17, 15) is 0 Å². The summed E-state index contributed by atoms with van der Waals surface area (Å²) >= 11 is 0. The van der Waals surface area contributed by atoms with Gasteiger partial charge >= 0.3 is 0 Å². The zero-order valence-electron chi connectivity index (χ0n) is 10.2. The van der Waals surface area contributed by atoms with Crippen LogP contribution in [-0.4, -0.2) is 17.9 Å². The van der Waals surface area contributed by atoms with Gasteiger partial charge in [0, 0.05) is 11.5 Å². The van der Waals surface area contributed by atoms with Crippen LogP contribution in [0.5, 0.6) is 5.88 Å². The van der Waals surface area contributed by atoms with Crippen molar-refractivity contribution in [2.24, 2.45) is 0 Å². The summed E-state index contributed by atoms with van der Waals surface area (Å²) in [6.45, 7) is 4.26. The van der Waals surface area contributed by atoms with E-state index in [4.69, 9.17) is 9.53 Å². The molecular weight excluding hydrogens is 214 g/mol. The lowest BCUT2D eigenvalue weighted by molar-refractivity contribution is -0.106. The molecule has 90 valence electrons. The van der Waals surface area contributed by atoms with Gasteiger partial charge in [0.25, 0.3) is 0 Å². The van der Waals surface area contributed by atoms with Gasteiger partial charge in [-0.3, -0.25) is 0 Å². The summed E-state index contributed by atoms with van der Waals surface area (Å²) < 4.78 is 5.45. The number of hydrogen-bond donors (Lipinski definition) is 0. The van der Waals surface area contributed by atoms with Gasteiger partial charge in [0.15, 0.2) is 0 Å². The van der Waals surface area contributed by atoms with E-state index < -0.39 is 0 Å². The monoisotopic (exact) mass is 231 g/mol. The highest BCUT2D eigenvalue weighted by molar-refractivity contribution is 5.78. The standard InChI is InChI=1S/C12H13NO.C2H4O/c1-2-9-14-12-8-7-10-5-3-4-6-11(10)13-12;1-2-3/h3-8H,2,9H2,1H3;2H,1H3. The molecule has 0 atom stereocenters. The van der Waals surface area contributed by atoms with Crippen molar-refractivity contribution in [3.05, 3.63) is 36.4 Å². The quantitative estimate of drug-likeness (QED) is 0.761. The molecule has 0 saturated carbocycles. The summed E-state index contributed by atoms with van der Waals surface area (Å²) in [5.74, 6) is 0.713. The molecule has 1 aromatic carbocycles. The van der Waals surface area contributed by atoms with E-state index in [0.717, 1.165) is 30.2 Å². The van der Waals surface area contributed by atoms with Crippen LogP contribution in [0.25, 0.3) is 10.9 Å². The molecular formula is C14H17NO2. The zero-order chi connectivity index (χ0) is 12.5. The summed E-state index contributed by atoms with van der Waals surface area (Å²) in [5.41, 5.74) is 0.987. The number of aldehydes is 1. The second-order valence-corrected chi connectivity index (χ2v) is 3.43. The molecule has 0 aliphatic carbocycles. The number of hydrogen-bond acceptors (Lipinski definition) is 3. The number of carbonyl (C=O) groups is 1. The van der Waals surface area contributed by atoms with E-state index in [1.165, 1.54) is 6.92 Å². The Bertz CT molecular complexity index is 468. The predicted molar refractivity (Wildman–Crippen MR) is 69.3 cm³/mol. The van der Waals surface area contributed by atoms with Gasteiger partial charge in [-0.15, -0.1) is 0 Å². The Morgan fingerprint density at radius 3 is 2.65 bits per heavy atom. The van der Waals surface area contributed by atoms with E-state index in [1.807, 2.05) is 36.4 Å². The Balaban J connectivity index is 0.000000437. The number of fused-ring (bicyclic) bond motifs is 1. The molecule has 2 aromatic rings. The number of pyridine rings is 1. The first-order chi connectivity index (χ1) is 8.31. The molecule has 1 aromatic heterocycles. The highest BCUT2D eigenvalue weighted by Gasteiger charge is 1.96. The Morgan fingerprint density at radius 1 is 1.24 bits per heavy atom. The van der Waals surface area contributed by atoms with Crippen LogP contribution in [0.15, 0.2) is 36.4 Å². The first-order valence-electron chi connectivity index (χ1n) is 5.70. The molecule has 0 amide bonds. The summed E-state index contributed by atoms with van der Waals surface area (Å²) in [4.78, 5) is 13.2. The number of nitrogens with zero attached hydrogens (tertiary/aromatic N) is 1. The van der Waals surface area contributed by atoms with E-state index in [1.54, 1.807) is 0 Å². The fourth-order valence-corrected chi connectivity index (χ4v) is 1.33. The smallest absolute Gasteiger partial charge is 0.213 e. The van der Waals surface area contributed by atoms with Crippen molar-refractivity contribution in [3.8, 4) is 5.88 Å². The molecule has 0 bridgehead atoms. The number of carbonyl (C=O) groups excluding carboxylic acids is 1. The Labute approximate surface area is 101 Å². The van der Waals surface area contributed by atoms with Gasteiger partial charge in [0.1, 0.15) is 6.29 Å². The number of benzene rings is 1. The molecule has 0 saturated heterocycles. The minimum atomic E-state index is 0.713. The van der Waals surface area contributed by atoms with Crippen LogP contribution in [0, 0.1) is 0 Å². The molecule has 0 spiro atoms. The zero-order valence-corrected chi connectivity index (χ0v) is 10.2. The van der Waals surface area contributed by atoms with Crippen LogP contribution in [-0.2, 0) is 4.79 Å². The summed E-state index contributed by atoms with van der Waals surface area (Å²) in [7, 11) is 0. The molecule has 1 heterocycles.